The quantitative estimate of drug-likeness (QED) is 0.873. The minimum atomic E-state index is -4.38. The van der Waals surface area contributed by atoms with Crippen LogP contribution in [0.5, 0.6) is 0 Å². The molecule has 0 fully saturated rings. The second-order valence-electron chi connectivity index (χ2n) is 4.90. The zero-order chi connectivity index (χ0) is 16.3. The van der Waals surface area contributed by atoms with E-state index in [9.17, 15) is 21.6 Å². The molecule has 0 radical (unpaired) electrons. The Kier molecular flexibility index (Phi) is 5.77. The summed E-state index contributed by atoms with van der Waals surface area (Å²) in [4.78, 5) is 0. The van der Waals surface area contributed by atoms with Gasteiger partial charge in [0.25, 0.3) is 0 Å². The van der Waals surface area contributed by atoms with Crippen molar-refractivity contribution in [3.8, 4) is 0 Å². The first-order chi connectivity index (χ1) is 9.54. The Hall–Kier alpha value is -1.12. The Labute approximate surface area is 123 Å². The van der Waals surface area contributed by atoms with E-state index >= 15 is 0 Å². The highest BCUT2D eigenvalue weighted by Gasteiger charge is 2.30. The van der Waals surface area contributed by atoms with Crippen molar-refractivity contribution in [2.75, 3.05) is 26.4 Å². The van der Waals surface area contributed by atoms with Crippen LogP contribution >= 0.6 is 0 Å². The lowest BCUT2D eigenvalue weighted by Crippen LogP contribution is -2.32. The van der Waals surface area contributed by atoms with Gasteiger partial charge in [-0.05, 0) is 24.6 Å². The van der Waals surface area contributed by atoms with E-state index in [-0.39, 0.29) is 18.3 Å². The van der Waals surface area contributed by atoms with Gasteiger partial charge in [0.1, 0.15) is 0 Å². The predicted molar refractivity (Wildman–Crippen MR) is 75.3 cm³/mol. The van der Waals surface area contributed by atoms with Gasteiger partial charge < -0.3 is 5.32 Å². The van der Waals surface area contributed by atoms with Gasteiger partial charge in [-0.25, -0.2) is 12.7 Å². The average molecular weight is 324 g/mol. The predicted octanol–water partition coefficient (Wildman–Crippen LogP) is 2.25. The molecule has 1 N–H and O–H groups in total. The smallest absolute Gasteiger partial charge is 0.309 e. The van der Waals surface area contributed by atoms with Gasteiger partial charge in [-0.2, -0.15) is 13.2 Å². The lowest BCUT2D eigenvalue weighted by Gasteiger charge is -2.17. The fourth-order valence-electron chi connectivity index (χ4n) is 1.69. The third-order valence-corrected chi connectivity index (χ3v) is 4.91. The van der Waals surface area contributed by atoms with Gasteiger partial charge in [0, 0.05) is 26.7 Å². The van der Waals surface area contributed by atoms with Gasteiger partial charge in [-0.1, -0.05) is 12.1 Å². The third kappa shape index (κ3) is 5.29. The van der Waals surface area contributed by atoms with Crippen LogP contribution in [-0.4, -0.2) is 39.1 Å². The first kappa shape index (κ1) is 17.9. The van der Waals surface area contributed by atoms with E-state index in [0.29, 0.717) is 5.56 Å². The maximum absolute atomic E-state index is 12.6. The fourth-order valence-corrected chi connectivity index (χ4v) is 2.43. The molecule has 1 aromatic carbocycles. The summed E-state index contributed by atoms with van der Waals surface area (Å²) in [6.07, 6.45) is -4.38. The molecule has 0 heterocycles. The van der Waals surface area contributed by atoms with Gasteiger partial charge in [0.2, 0.25) is 10.0 Å². The summed E-state index contributed by atoms with van der Waals surface area (Å²) in [5, 5.41) is 2.92. The first-order valence-corrected chi connectivity index (χ1v) is 7.95. The zero-order valence-electron chi connectivity index (χ0n) is 12.1. The molecule has 1 atom stereocenters. The number of hydrogen-bond donors (Lipinski definition) is 1. The van der Waals surface area contributed by atoms with E-state index in [4.69, 9.17) is 0 Å². The highest BCUT2D eigenvalue weighted by Crippen LogP contribution is 2.30. The molecular formula is C13H19F3N2O2S. The van der Waals surface area contributed by atoms with Crippen LogP contribution in [0.3, 0.4) is 0 Å². The van der Waals surface area contributed by atoms with Crippen molar-refractivity contribution in [3.63, 3.8) is 0 Å². The number of halogens is 3. The second-order valence-corrected chi connectivity index (χ2v) is 7.20. The first-order valence-electron chi connectivity index (χ1n) is 6.35. The van der Waals surface area contributed by atoms with Crippen molar-refractivity contribution in [3.05, 3.63) is 35.4 Å². The molecule has 0 saturated heterocycles. The summed E-state index contributed by atoms with van der Waals surface area (Å²) in [6, 6.07) is 4.62. The summed E-state index contributed by atoms with van der Waals surface area (Å²) >= 11 is 0. The number of nitrogens with zero attached hydrogens (tertiary/aromatic N) is 1. The van der Waals surface area contributed by atoms with Crippen molar-refractivity contribution in [1.29, 1.82) is 0 Å². The fraction of sp³-hybridized carbons (Fsp3) is 0.538. The standard InChI is InChI=1S/C13H19F3N2O2S/c1-10(17-7-8-21(19,20)18(2)3)11-5-4-6-12(9-11)13(14,15)16/h4-6,9-10,17H,7-8H2,1-3H3. The summed E-state index contributed by atoms with van der Waals surface area (Å²) in [5.74, 6) is -0.108. The molecule has 0 aromatic heterocycles. The van der Waals surface area contributed by atoms with Crippen molar-refractivity contribution < 1.29 is 21.6 Å². The normalized spacial score (nSPS) is 14.4. The largest absolute Gasteiger partial charge is 0.416 e. The molecule has 0 saturated carbocycles. The molecule has 1 aromatic rings. The van der Waals surface area contributed by atoms with Gasteiger partial charge in [-0.15, -0.1) is 0 Å². The Morgan fingerprint density at radius 1 is 1.29 bits per heavy atom. The number of hydrogen-bond acceptors (Lipinski definition) is 3. The maximum Gasteiger partial charge on any atom is 0.416 e. The molecule has 0 bridgehead atoms. The summed E-state index contributed by atoms with van der Waals surface area (Å²) in [5.41, 5.74) is -0.248. The Morgan fingerprint density at radius 2 is 1.90 bits per heavy atom. The van der Waals surface area contributed by atoms with Gasteiger partial charge in [0.15, 0.2) is 0 Å². The topological polar surface area (TPSA) is 49.4 Å². The van der Waals surface area contributed by atoms with Crippen molar-refractivity contribution >= 4 is 10.0 Å². The molecule has 0 aliphatic carbocycles. The number of rotatable bonds is 6. The Bertz CT molecular complexity index is 571. The highest BCUT2D eigenvalue weighted by molar-refractivity contribution is 7.89. The van der Waals surface area contributed by atoms with E-state index in [1.807, 2.05) is 0 Å². The highest BCUT2D eigenvalue weighted by atomic mass is 32.2. The maximum atomic E-state index is 12.6. The molecule has 0 spiro atoms. The van der Waals surface area contributed by atoms with Crippen LogP contribution in [0.1, 0.15) is 24.1 Å². The molecule has 21 heavy (non-hydrogen) atoms. The monoisotopic (exact) mass is 324 g/mol. The third-order valence-electron chi connectivity index (χ3n) is 3.08. The van der Waals surface area contributed by atoms with E-state index in [1.54, 1.807) is 13.0 Å². The minimum Gasteiger partial charge on any atom is -0.309 e. The molecule has 1 unspecified atom stereocenters. The van der Waals surface area contributed by atoms with Crippen LogP contribution < -0.4 is 5.32 Å². The number of sulfonamides is 1. The molecule has 1 rings (SSSR count). The van der Waals surface area contributed by atoms with Gasteiger partial charge in [0.05, 0.1) is 11.3 Å². The van der Waals surface area contributed by atoms with Crippen LogP contribution in [0.25, 0.3) is 0 Å². The Morgan fingerprint density at radius 3 is 2.43 bits per heavy atom. The number of benzene rings is 1. The molecular weight excluding hydrogens is 305 g/mol. The van der Waals surface area contributed by atoms with Gasteiger partial charge in [-0.3, -0.25) is 0 Å². The summed E-state index contributed by atoms with van der Waals surface area (Å²) in [6.45, 7) is 1.86. The van der Waals surface area contributed by atoms with Crippen molar-refractivity contribution in [1.82, 2.24) is 9.62 Å². The van der Waals surface area contributed by atoms with E-state index in [1.165, 1.54) is 20.2 Å². The summed E-state index contributed by atoms with van der Waals surface area (Å²) in [7, 11) is -0.444. The molecule has 0 amide bonds. The lowest BCUT2D eigenvalue weighted by atomic mass is 10.1. The minimum absolute atomic E-state index is 0.108. The van der Waals surface area contributed by atoms with Crippen LogP contribution in [0.4, 0.5) is 13.2 Å². The SMILES string of the molecule is CC(NCCS(=O)(=O)N(C)C)c1cccc(C(F)(F)F)c1. The van der Waals surface area contributed by atoms with Crippen LogP contribution in [0.15, 0.2) is 24.3 Å². The Balaban J connectivity index is 2.67. The molecule has 0 aliphatic heterocycles. The number of alkyl halides is 3. The molecule has 120 valence electrons. The van der Waals surface area contributed by atoms with Crippen molar-refractivity contribution in [2.45, 2.75) is 19.1 Å². The zero-order valence-corrected chi connectivity index (χ0v) is 12.9. The van der Waals surface area contributed by atoms with Crippen LogP contribution in [-0.2, 0) is 16.2 Å². The molecule has 0 aliphatic rings. The summed E-state index contributed by atoms with van der Waals surface area (Å²) < 4.78 is 62.1. The lowest BCUT2D eigenvalue weighted by molar-refractivity contribution is -0.137. The second kappa shape index (κ2) is 6.76. The number of nitrogens with one attached hydrogen (secondary N) is 1. The van der Waals surface area contributed by atoms with Crippen LogP contribution in [0.2, 0.25) is 0 Å². The van der Waals surface area contributed by atoms with E-state index in [0.717, 1.165) is 16.4 Å². The van der Waals surface area contributed by atoms with Crippen LogP contribution in [0, 0.1) is 0 Å². The average Bonchev–Trinajstić information content (AvgIpc) is 2.37. The molecule has 4 nitrogen and oxygen atoms in total. The van der Waals surface area contributed by atoms with E-state index < -0.39 is 21.8 Å². The van der Waals surface area contributed by atoms with Crippen molar-refractivity contribution in [2.24, 2.45) is 0 Å². The molecule has 8 heteroatoms. The van der Waals surface area contributed by atoms with Gasteiger partial charge >= 0.3 is 6.18 Å². The van der Waals surface area contributed by atoms with E-state index in [2.05, 4.69) is 5.32 Å².